The van der Waals surface area contributed by atoms with Crippen LogP contribution in [0.25, 0.3) is 0 Å². The molecule has 1 amide bonds. The van der Waals surface area contributed by atoms with Gasteiger partial charge in [-0.05, 0) is 46.1 Å². The molecule has 0 bridgehead atoms. The lowest BCUT2D eigenvalue weighted by Gasteiger charge is -2.24. The summed E-state index contributed by atoms with van der Waals surface area (Å²) >= 11 is 0. The Morgan fingerprint density at radius 2 is 2.15 bits per heavy atom. The minimum atomic E-state index is -0.506. The monoisotopic (exact) mass is 281 g/mol. The van der Waals surface area contributed by atoms with E-state index in [-0.39, 0.29) is 17.8 Å². The second-order valence-electron chi connectivity index (χ2n) is 6.34. The zero-order valence-electron chi connectivity index (χ0n) is 12.5. The number of allylic oxidation sites excluding steroid dienone is 2. The van der Waals surface area contributed by atoms with E-state index in [4.69, 9.17) is 9.47 Å². The first-order valence-corrected chi connectivity index (χ1v) is 7.22. The Bertz CT molecular complexity index is 422. The molecule has 0 N–H and O–H groups in total. The Kier molecular flexibility index (Phi) is 4.35. The summed E-state index contributed by atoms with van der Waals surface area (Å²) in [5, 5.41) is 0. The number of hydrogen-bond donors (Lipinski definition) is 0. The first-order valence-electron chi connectivity index (χ1n) is 7.22. The predicted octanol–water partition coefficient (Wildman–Crippen LogP) is 2.51. The number of carbonyl (C=O) groups is 2. The highest BCUT2D eigenvalue weighted by molar-refractivity contribution is 5.96. The van der Waals surface area contributed by atoms with Gasteiger partial charge in [0, 0.05) is 19.0 Å². The predicted molar refractivity (Wildman–Crippen MR) is 74.2 cm³/mol. The highest BCUT2D eigenvalue weighted by atomic mass is 16.6. The van der Waals surface area contributed by atoms with Gasteiger partial charge in [-0.3, -0.25) is 4.79 Å². The molecule has 5 nitrogen and oxygen atoms in total. The Hall–Kier alpha value is -1.52. The minimum absolute atomic E-state index is 0.0239. The van der Waals surface area contributed by atoms with Crippen molar-refractivity contribution in [2.45, 2.75) is 45.6 Å². The number of hydrogen-bond acceptors (Lipinski definition) is 4. The number of ketones is 1. The van der Waals surface area contributed by atoms with E-state index in [9.17, 15) is 9.59 Å². The molecule has 5 heteroatoms. The van der Waals surface area contributed by atoms with Gasteiger partial charge in [0.2, 0.25) is 5.78 Å². The van der Waals surface area contributed by atoms with E-state index in [1.54, 1.807) is 4.90 Å². The van der Waals surface area contributed by atoms with Crippen molar-refractivity contribution in [2.75, 3.05) is 19.7 Å². The van der Waals surface area contributed by atoms with Gasteiger partial charge in [0.15, 0.2) is 5.76 Å². The fourth-order valence-electron chi connectivity index (χ4n) is 2.40. The zero-order valence-corrected chi connectivity index (χ0v) is 12.5. The van der Waals surface area contributed by atoms with Gasteiger partial charge >= 0.3 is 6.09 Å². The van der Waals surface area contributed by atoms with E-state index in [1.807, 2.05) is 26.8 Å². The molecule has 1 saturated heterocycles. The molecule has 2 heterocycles. The number of amides is 1. The molecule has 1 atom stereocenters. The fourth-order valence-corrected chi connectivity index (χ4v) is 2.40. The Morgan fingerprint density at radius 3 is 2.75 bits per heavy atom. The Balaban J connectivity index is 1.90. The second kappa shape index (κ2) is 5.85. The molecule has 0 aromatic carbocycles. The van der Waals surface area contributed by atoms with Crippen molar-refractivity contribution in [3.63, 3.8) is 0 Å². The van der Waals surface area contributed by atoms with Crippen molar-refractivity contribution in [2.24, 2.45) is 5.92 Å². The molecular weight excluding hydrogens is 258 g/mol. The molecule has 20 heavy (non-hydrogen) atoms. The van der Waals surface area contributed by atoms with Crippen LogP contribution in [-0.2, 0) is 14.3 Å². The third-order valence-electron chi connectivity index (χ3n) is 3.39. The topological polar surface area (TPSA) is 55.8 Å². The van der Waals surface area contributed by atoms with Gasteiger partial charge in [0.05, 0.1) is 6.61 Å². The highest BCUT2D eigenvalue weighted by Crippen LogP contribution is 2.24. The minimum Gasteiger partial charge on any atom is -0.490 e. The van der Waals surface area contributed by atoms with Crippen LogP contribution in [0.4, 0.5) is 4.79 Å². The van der Waals surface area contributed by atoms with Gasteiger partial charge in [-0.25, -0.2) is 4.79 Å². The molecule has 1 fully saturated rings. The van der Waals surface area contributed by atoms with Gasteiger partial charge in [0.1, 0.15) is 5.60 Å². The molecule has 112 valence electrons. The zero-order chi connectivity index (χ0) is 14.8. The third-order valence-corrected chi connectivity index (χ3v) is 3.39. The summed E-state index contributed by atoms with van der Waals surface area (Å²) in [6.07, 6.45) is 4.06. The van der Waals surface area contributed by atoms with Crippen LogP contribution >= 0.6 is 0 Å². The number of Topliss-reactive ketones (excluding diaryl/α,β-unsaturated/α-hetero) is 1. The number of rotatable bonds is 2. The van der Waals surface area contributed by atoms with E-state index in [2.05, 4.69) is 0 Å². The van der Waals surface area contributed by atoms with Gasteiger partial charge < -0.3 is 14.4 Å². The summed E-state index contributed by atoms with van der Waals surface area (Å²) < 4.78 is 10.7. The molecule has 2 aliphatic rings. The normalized spacial score (nSPS) is 23.1. The van der Waals surface area contributed by atoms with E-state index in [0.717, 1.165) is 12.8 Å². The van der Waals surface area contributed by atoms with Crippen molar-refractivity contribution in [1.82, 2.24) is 4.90 Å². The fraction of sp³-hybridized carbons (Fsp3) is 0.733. The van der Waals surface area contributed by atoms with Gasteiger partial charge in [0.25, 0.3) is 0 Å². The van der Waals surface area contributed by atoms with E-state index in [1.165, 1.54) is 0 Å². The van der Waals surface area contributed by atoms with Crippen LogP contribution in [-0.4, -0.2) is 42.1 Å². The van der Waals surface area contributed by atoms with Crippen LogP contribution < -0.4 is 0 Å². The van der Waals surface area contributed by atoms with Crippen LogP contribution in [0.5, 0.6) is 0 Å². The molecule has 2 aliphatic heterocycles. The van der Waals surface area contributed by atoms with Crippen LogP contribution in [0.15, 0.2) is 11.8 Å². The highest BCUT2D eigenvalue weighted by Gasteiger charge is 2.35. The Morgan fingerprint density at radius 1 is 1.40 bits per heavy atom. The molecule has 0 aromatic rings. The van der Waals surface area contributed by atoms with Crippen molar-refractivity contribution in [3.8, 4) is 0 Å². The van der Waals surface area contributed by atoms with Gasteiger partial charge in [-0.2, -0.15) is 0 Å². The van der Waals surface area contributed by atoms with E-state index >= 15 is 0 Å². The number of nitrogens with zero attached hydrogens (tertiary/aromatic N) is 1. The molecule has 1 unspecified atom stereocenters. The van der Waals surface area contributed by atoms with Gasteiger partial charge in [-0.1, -0.05) is 0 Å². The average Bonchev–Trinajstić information content (AvgIpc) is 2.86. The average molecular weight is 281 g/mol. The maximum Gasteiger partial charge on any atom is 0.410 e. The largest absolute Gasteiger partial charge is 0.490 e. The summed E-state index contributed by atoms with van der Waals surface area (Å²) in [6, 6.07) is 0. The lowest BCUT2D eigenvalue weighted by molar-refractivity contribution is -0.122. The van der Waals surface area contributed by atoms with Crippen molar-refractivity contribution >= 4 is 11.9 Å². The van der Waals surface area contributed by atoms with Crippen LogP contribution in [0.3, 0.4) is 0 Å². The molecule has 0 saturated carbocycles. The Labute approximate surface area is 119 Å². The van der Waals surface area contributed by atoms with E-state index < -0.39 is 5.60 Å². The number of carbonyl (C=O) groups excluding carboxylic acids is 2. The second-order valence-corrected chi connectivity index (χ2v) is 6.34. The summed E-state index contributed by atoms with van der Waals surface area (Å²) in [4.78, 5) is 25.8. The van der Waals surface area contributed by atoms with E-state index in [0.29, 0.717) is 31.9 Å². The first-order chi connectivity index (χ1) is 9.37. The molecule has 0 aromatic heterocycles. The van der Waals surface area contributed by atoms with Crippen LogP contribution in [0.1, 0.15) is 40.0 Å². The third kappa shape index (κ3) is 3.74. The molecule has 2 rings (SSSR count). The standard InChI is InChI=1S/C15H23NO4/c1-15(2,3)20-14(18)16-8-7-11(10-16)13(17)12-6-4-5-9-19-12/h6,11H,4-5,7-10H2,1-3H3. The molecule has 0 spiro atoms. The van der Waals surface area contributed by atoms with Gasteiger partial charge in [-0.15, -0.1) is 0 Å². The maximum atomic E-state index is 12.3. The number of ether oxygens (including phenoxy) is 2. The number of likely N-dealkylation sites (tertiary alicyclic amines) is 1. The van der Waals surface area contributed by atoms with Crippen molar-refractivity contribution in [3.05, 3.63) is 11.8 Å². The van der Waals surface area contributed by atoms with Crippen molar-refractivity contribution in [1.29, 1.82) is 0 Å². The maximum absolute atomic E-state index is 12.3. The van der Waals surface area contributed by atoms with Crippen LogP contribution in [0, 0.1) is 5.92 Å². The molecule has 0 aliphatic carbocycles. The lowest BCUT2D eigenvalue weighted by Crippen LogP contribution is -2.36. The smallest absolute Gasteiger partial charge is 0.410 e. The first kappa shape index (κ1) is 14.9. The summed E-state index contributed by atoms with van der Waals surface area (Å²) in [7, 11) is 0. The summed E-state index contributed by atoms with van der Waals surface area (Å²) in [6.45, 7) is 7.12. The molecular formula is C15H23NO4. The molecule has 0 radical (unpaired) electrons. The SMILES string of the molecule is CC(C)(C)OC(=O)N1CCC(C(=O)C2=CCCCO2)C1. The quantitative estimate of drug-likeness (QED) is 0.780. The lowest BCUT2D eigenvalue weighted by atomic mass is 10.0. The summed E-state index contributed by atoms with van der Waals surface area (Å²) in [5.41, 5.74) is -0.506. The summed E-state index contributed by atoms with van der Waals surface area (Å²) in [5.74, 6) is 0.343. The van der Waals surface area contributed by atoms with Crippen LogP contribution in [0.2, 0.25) is 0 Å². The van der Waals surface area contributed by atoms with Crippen molar-refractivity contribution < 1.29 is 19.1 Å².